The predicted octanol–water partition coefficient (Wildman–Crippen LogP) is 4.06. The van der Waals surface area contributed by atoms with Crippen LogP contribution in [0.4, 0.5) is 10.1 Å². The maximum Gasteiger partial charge on any atom is 0.251 e. The van der Waals surface area contributed by atoms with Crippen molar-refractivity contribution in [1.82, 2.24) is 20.1 Å². The van der Waals surface area contributed by atoms with Gasteiger partial charge in [0.15, 0.2) is 11.0 Å². The number of hydrogen-bond donors (Lipinski definition) is 2. The number of hydrogen-bond acceptors (Lipinski definition) is 5. The molecule has 10 heteroatoms. The summed E-state index contributed by atoms with van der Waals surface area (Å²) in [6.45, 7) is 4.55. The summed E-state index contributed by atoms with van der Waals surface area (Å²) in [5.74, 6) is -0.222. The summed E-state index contributed by atoms with van der Waals surface area (Å²) in [5.41, 5.74) is 1.93. The van der Waals surface area contributed by atoms with Crippen LogP contribution in [-0.2, 0) is 17.9 Å². The van der Waals surface area contributed by atoms with Crippen LogP contribution in [0.15, 0.2) is 47.6 Å². The van der Waals surface area contributed by atoms with Crippen molar-refractivity contribution in [3.63, 3.8) is 0 Å². The lowest BCUT2D eigenvalue weighted by atomic mass is 10.2. The van der Waals surface area contributed by atoms with Crippen molar-refractivity contribution in [2.75, 3.05) is 11.1 Å². The summed E-state index contributed by atoms with van der Waals surface area (Å²) in [6.07, 6.45) is 0. The Kier molecular flexibility index (Phi) is 7.64. The fraction of sp³-hybridized carbons (Fsp3) is 0.238. The van der Waals surface area contributed by atoms with Crippen molar-refractivity contribution in [2.45, 2.75) is 32.1 Å². The first-order valence-electron chi connectivity index (χ1n) is 9.52. The van der Waals surface area contributed by atoms with Crippen LogP contribution in [0, 0.1) is 12.7 Å². The maximum absolute atomic E-state index is 13.0. The first-order chi connectivity index (χ1) is 14.9. The van der Waals surface area contributed by atoms with Gasteiger partial charge in [-0.1, -0.05) is 29.4 Å². The third-order valence-electron chi connectivity index (χ3n) is 4.43. The fourth-order valence-corrected chi connectivity index (χ4v) is 3.78. The second-order valence-corrected chi connectivity index (χ2v) is 8.01. The molecule has 0 atom stereocenters. The predicted molar refractivity (Wildman–Crippen MR) is 119 cm³/mol. The largest absolute Gasteiger partial charge is 0.345 e. The summed E-state index contributed by atoms with van der Waals surface area (Å²) in [7, 11) is 0. The molecule has 0 aliphatic rings. The summed E-state index contributed by atoms with van der Waals surface area (Å²) in [5, 5.41) is 15.0. The highest BCUT2D eigenvalue weighted by molar-refractivity contribution is 7.99. The van der Waals surface area contributed by atoms with E-state index in [0.717, 1.165) is 5.56 Å². The Morgan fingerprint density at radius 3 is 2.61 bits per heavy atom. The second kappa shape index (κ2) is 10.4. The average Bonchev–Trinajstić information content (AvgIpc) is 3.15. The summed E-state index contributed by atoms with van der Waals surface area (Å²) >= 11 is 7.24. The van der Waals surface area contributed by atoms with Crippen LogP contribution in [0.25, 0.3) is 0 Å². The molecule has 1 aromatic heterocycles. The molecule has 3 rings (SSSR count). The molecule has 0 fully saturated rings. The molecular weight excluding hydrogens is 441 g/mol. The number of aromatic nitrogens is 3. The molecule has 0 aliphatic heterocycles. The van der Waals surface area contributed by atoms with E-state index in [4.69, 9.17) is 11.6 Å². The molecule has 0 saturated carbocycles. The van der Waals surface area contributed by atoms with E-state index in [1.807, 2.05) is 24.5 Å². The SMILES string of the molecule is CCn1c(CNC(=O)c2ccc(F)cc2)nnc1SCC(=O)Nc1cc(Cl)ccc1C. The van der Waals surface area contributed by atoms with Gasteiger partial charge in [0, 0.05) is 22.8 Å². The third-order valence-corrected chi connectivity index (χ3v) is 5.63. The lowest BCUT2D eigenvalue weighted by Crippen LogP contribution is -2.24. The van der Waals surface area contributed by atoms with E-state index < -0.39 is 5.82 Å². The number of anilines is 1. The number of carbonyl (C=O) groups excluding carboxylic acids is 2. The Morgan fingerprint density at radius 1 is 1.16 bits per heavy atom. The van der Waals surface area contributed by atoms with Crippen molar-refractivity contribution >= 4 is 40.9 Å². The average molecular weight is 462 g/mol. The summed E-state index contributed by atoms with van der Waals surface area (Å²) < 4.78 is 14.8. The highest BCUT2D eigenvalue weighted by Crippen LogP contribution is 2.22. The van der Waals surface area contributed by atoms with Gasteiger partial charge in [0.05, 0.1) is 12.3 Å². The first-order valence-corrected chi connectivity index (χ1v) is 10.9. The zero-order valence-corrected chi connectivity index (χ0v) is 18.6. The smallest absolute Gasteiger partial charge is 0.251 e. The van der Waals surface area contributed by atoms with Crippen LogP contribution in [-0.4, -0.2) is 32.3 Å². The molecule has 0 aliphatic carbocycles. The molecule has 1 heterocycles. The van der Waals surface area contributed by atoms with Gasteiger partial charge >= 0.3 is 0 Å². The summed E-state index contributed by atoms with van der Waals surface area (Å²) in [4.78, 5) is 24.6. The number of carbonyl (C=O) groups is 2. The van der Waals surface area contributed by atoms with E-state index >= 15 is 0 Å². The molecule has 0 radical (unpaired) electrons. The highest BCUT2D eigenvalue weighted by atomic mass is 35.5. The van der Waals surface area contributed by atoms with Crippen molar-refractivity contribution in [3.05, 3.63) is 70.3 Å². The van der Waals surface area contributed by atoms with E-state index in [9.17, 15) is 14.0 Å². The Hall–Kier alpha value is -2.91. The minimum atomic E-state index is -0.404. The van der Waals surface area contributed by atoms with Gasteiger partial charge in [-0.2, -0.15) is 0 Å². The zero-order valence-electron chi connectivity index (χ0n) is 17.0. The van der Waals surface area contributed by atoms with Crippen LogP contribution in [0.1, 0.15) is 28.7 Å². The fourth-order valence-electron chi connectivity index (χ4n) is 2.78. The quantitative estimate of drug-likeness (QED) is 0.494. The molecule has 2 N–H and O–H groups in total. The van der Waals surface area contributed by atoms with Gasteiger partial charge in [-0.3, -0.25) is 9.59 Å². The molecule has 162 valence electrons. The van der Waals surface area contributed by atoms with E-state index in [0.29, 0.717) is 33.8 Å². The molecule has 2 aromatic carbocycles. The molecule has 31 heavy (non-hydrogen) atoms. The topological polar surface area (TPSA) is 88.9 Å². The number of thioether (sulfide) groups is 1. The number of amides is 2. The third kappa shape index (κ3) is 6.05. The maximum atomic E-state index is 13.0. The standard InChI is InChI=1S/C21H21ClFN5O2S/c1-3-28-18(11-24-20(30)14-5-8-16(23)9-6-14)26-27-21(28)31-12-19(29)25-17-10-15(22)7-4-13(17)2/h4-10H,3,11-12H2,1-2H3,(H,24,30)(H,25,29). The van der Waals surface area contributed by atoms with Gasteiger partial charge < -0.3 is 15.2 Å². The Morgan fingerprint density at radius 2 is 1.90 bits per heavy atom. The van der Waals surface area contributed by atoms with E-state index in [2.05, 4.69) is 20.8 Å². The van der Waals surface area contributed by atoms with Crippen molar-refractivity contribution in [2.24, 2.45) is 0 Å². The molecular formula is C21H21ClFN5O2S. The molecule has 0 unspecified atom stereocenters. The molecule has 0 spiro atoms. The number of halogens is 2. The second-order valence-electron chi connectivity index (χ2n) is 6.63. The number of benzene rings is 2. The van der Waals surface area contributed by atoms with Gasteiger partial charge in [0.1, 0.15) is 5.82 Å². The lowest BCUT2D eigenvalue weighted by molar-refractivity contribution is -0.113. The van der Waals surface area contributed by atoms with Crippen molar-refractivity contribution < 1.29 is 14.0 Å². The lowest BCUT2D eigenvalue weighted by Gasteiger charge is -2.10. The number of aryl methyl sites for hydroxylation is 1. The van der Waals surface area contributed by atoms with E-state index in [1.54, 1.807) is 12.1 Å². The van der Waals surface area contributed by atoms with Crippen LogP contribution < -0.4 is 10.6 Å². The summed E-state index contributed by atoms with van der Waals surface area (Å²) in [6, 6.07) is 10.6. The van der Waals surface area contributed by atoms with Gasteiger partial charge in [0.2, 0.25) is 5.91 Å². The van der Waals surface area contributed by atoms with Gasteiger partial charge in [-0.15, -0.1) is 10.2 Å². The minimum Gasteiger partial charge on any atom is -0.345 e. The molecule has 3 aromatic rings. The monoisotopic (exact) mass is 461 g/mol. The van der Waals surface area contributed by atoms with Crippen LogP contribution in [0.5, 0.6) is 0 Å². The Labute approximate surface area is 188 Å². The minimum absolute atomic E-state index is 0.145. The van der Waals surface area contributed by atoms with E-state index in [1.165, 1.54) is 36.0 Å². The normalized spacial score (nSPS) is 10.7. The number of nitrogens with one attached hydrogen (secondary N) is 2. The Balaban J connectivity index is 1.58. The van der Waals surface area contributed by atoms with Crippen LogP contribution >= 0.6 is 23.4 Å². The number of nitrogens with zero attached hydrogens (tertiary/aromatic N) is 3. The zero-order chi connectivity index (χ0) is 22.4. The number of rotatable bonds is 8. The van der Waals surface area contributed by atoms with E-state index in [-0.39, 0.29) is 24.1 Å². The highest BCUT2D eigenvalue weighted by Gasteiger charge is 2.15. The molecule has 0 bridgehead atoms. The first kappa shape index (κ1) is 22.8. The molecule has 0 saturated heterocycles. The molecule has 7 nitrogen and oxygen atoms in total. The van der Waals surface area contributed by atoms with Crippen molar-refractivity contribution in [1.29, 1.82) is 0 Å². The molecule has 2 amide bonds. The van der Waals surface area contributed by atoms with Gasteiger partial charge in [-0.25, -0.2) is 4.39 Å². The van der Waals surface area contributed by atoms with Crippen LogP contribution in [0.2, 0.25) is 5.02 Å². The van der Waals surface area contributed by atoms with Gasteiger partial charge in [0.25, 0.3) is 5.91 Å². The van der Waals surface area contributed by atoms with Crippen LogP contribution in [0.3, 0.4) is 0 Å². The van der Waals surface area contributed by atoms with Gasteiger partial charge in [-0.05, 0) is 55.8 Å². The Bertz CT molecular complexity index is 1090. The van der Waals surface area contributed by atoms with Crippen molar-refractivity contribution in [3.8, 4) is 0 Å².